The molecular formula is C12H25N3O. The summed E-state index contributed by atoms with van der Waals surface area (Å²) in [5.41, 5.74) is 5.31. The molecule has 1 unspecified atom stereocenters. The molecule has 0 radical (unpaired) electrons. The molecule has 1 heterocycles. The van der Waals surface area contributed by atoms with Crippen LogP contribution in [0.2, 0.25) is 0 Å². The number of piperidine rings is 1. The van der Waals surface area contributed by atoms with Gasteiger partial charge < -0.3 is 15.7 Å². The number of hydrogen-bond donors (Lipinski definition) is 3. The van der Waals surface area contributed by atoms with Crippen LogP contribution in [0.4, 0.5) is 0 Å². The van der Waals surface area contributed by atoms with Gasteiger partial charge in [0.25, 0.3) is 0 Å². The Morgan fingerprint density at radius 1 is 1.44 bits per heavy atom. The zero-order chi connectivity index (χ0) is 12.0. The van der Waals surface area contributed by atoms with Crippen molar-refractivity contribution in [1.29, 1.82) is 5.41 Å². The van der Waals surface area contributed by atoms with Crippen LogP contribution in [0.15, 0.2) is 0 Å². The van der Waals surface area contributed by atoms with Crippen LogP contribution in [0.25, 0.3) is 0 Å². The maximum absolute atomic E-state index is 9.48. The molecule has 16 heavy (non-hydrogen) atoms. The molecule has 0 aromatic heterocycles. The Bertz CT molecular complexity index is 210. The third kappa shape index (κ3) is 4.94. The highest BCUT2D eigenvalue weighted by Crippen LogP contribution is 2.20. The number of nitrogens with one attached hydrogen (secondary N) is 1. The lowest BCUT2D eigenvalue weighted by Crippen LogP contribution is -2.37. The number of likely N-dealkylation sites (tertiary alicyclic amines) is 1. The summed E-state index contributed by atoms with van der Waals surface area (Å²) in [6.07, 6.45) is 4.95. The number of amidine groups is 1. The van der Waals surface area contributed by atoms with E-state index in [9.17, 15) is 5.11 Å². The van der Waals surface area contributed by atoms with Gasteiger partial charge in [0.15, 0.2) is 0 Å². The zero-order valence-corrected chi connectivity index (χ0v) is 10.3. The van der Waals surface area contributed by atoms with Crippen molar-refractivity contribution < 1.29 is 5.11 Å². The summed E-state index contributed by atoms with van der Waals surface area (Å²) < 4.78 is 0. The summed E-state index contributed by atoms with van der Waals surface area (Å²) in [4.78, 5) is 2.46. The molecule has 1 aliphatic rings. The molecule has 1 saturated heterocycles. The van der Waals surface area contributed by atoms with Gasteiger partial charge in [-0.05, 0) is 58.2 Å². The molecule has 1 aliphatic heterocycles. The Kier molecular flexibility index (Phi) is 5.77. The minimum atomic E-state index is -0.153. The van der Waals surface area contributed by atoms with E-state index in [1.165, 1.54) is 0 Å². The fourth-order valence-corrected chi connectivity index (χ4v) is 2.31. The van der Waals surface area contributed by atoms with Crippen molar-refractivity contribution in [1.82, 2.24) is 4.90 Å². The number of hydrogen-bond acceptors (Lipinski definition) is 3. The van der Waals surface area contributed by atoms with Gasteiger partial charge in [-0.2, -0.15) is 0 Å². The van der Waals surface area contributed by atoms with Gasteiger partial charge in [0, 0.05) is 6.42 Å². The van der Waals surface area contributed by atoms with Gasteiger partial charge in [-0.3, -0.25) is 5.41 Å². The average molecular weight is 227 g/mol. The lowest BCUT2D eigenvalue weighted by atomic mass is 9.92. The number of nitrogens with two attached hydrogens (primary N) is 1. The van der Waals surface area contributed by atoms with Gasteiger partial charge in [0.2, 0.25) is 0 Å². The molecule has 0 aromatic rings. The maximum atomic E-state index is 9.48. The van der Waals surface area contributed by atoms with Crippen molar-refractivity contribution in [2.45, 2.75) is 45.1 Å². The lowest BCUT2D eigenvalue weighted by molar-refractivity contribution is 0.0714. The molecular weight excluding hydrogens is 202 g/mol. The largest absolute Gasteiger partial charge is 0.393 e. The van der Waals surface area contributed by atoms with E-state index >= 15 is 0 Å². The first-order chi connectivity index (χ1) is 7.59. The van der Waals surface area contributed by atoms with Crippen molar-refractivity contribution in [2.75, 3.05) is 19.6 Å². The van der Waals surface area contributed by atoms with Gasteiger partial charge >= 0.3 is 0 Å². The van der Waals surface area contributed by atoms with Crippen LogP contribution in [0.5, 0.6) is 0 Å². The van der Waals surface area contributed by atoms with Crippen molar-refractivity contribution in [3.05, 3.63) is 0 Å². The topological polar surface area (TPSA) is 73.3 Å². The number of aliphatic hydroxyl groups is 1. The van der Waals surface area contributed by atoms with Crippen molar-refractivity contribution >= 4 is 5.84 Å². The van der Waals surface area contributed by atoms with Crippen molar-refractivity contribution in [3.63, 3.8) is 0 Å². The highest BCUT2D eigenvalue weighted by atomic mass is 16.3. The van der Waals surface area contributed by atoms with E-state index in [-0.39, 0.29) is 6.10 Å². The second kappa shape index (κ2) is 6.86. The molecule has 0 saturated carbocycles. The Hall–Kier alpha value is -0.610. The fourth-order valence-electron chi connectivity index (χ4n) is 2.31. The molecule has 0 aliphatic carbocycles. The summed E-state index contributed by atoms with van der Waals surface area (Å²) in [5.74, 6) is 0.793. The molecule has 0 spiro atoms. The van der Waals surface area contributed by atoms with Crippen LogP contribution in [0.3, 0.4) is 0 Å². The van der Waals surface area contributed by atoms with E-state index < -0.39 is 0 Å². The second-order valence-corrected chi connectivity index (χ2v) is 4.90. The number of rotatable bonds is 6. The number of nitrogens with zero attached hydrogens (tertiary/aromatic N) is 1. The summed E-state index contributed by atoms with van der Waals surface area (Å²) >= 11 is 0. The number of unbranched alkanes of at least 4 members (excludes halogenated alkanes) is 1. The Labute approximate surface area is 98.3 Å². The highest BCUT2D eigenvalue weighted by molar-refractivity contribution is 5.76. The second-order valence-electron chi connectivity index (χ2n) is 4.90. The number of aliphatic hydroxyl groups excluding tert-OH is 1. The molecule has 0 amide bonds. The average Bonchev–Trinajstić information content (AvgIpc) is 2.25. The minimum absolute atomic E-state index is 0.153. The standard InChI is InChI=1S/C12H25N3O/c1-10(16)11-5-8-15(9-6-11)7-3-2-4-12(13)14/h10-11,16H,2-9H2,1H3,(H3,13,14). The van der Waals surface area contributed by atoms with Gasteiger partial charge in [-0.1, -0.05) is 0 Å². The Morgan fingerprint density at radius 3 is 2.56 bits per heavy atom. The first-order valence-corrected chi connectivity index (χ1v) is 6.33. The fraction of sp³-hybridized carbons (Fsp3) is 0.917. The van der Waals surface area contributed by atoms with Gasteiger partial charge in [0.05, 0.1) is 11.9 Å². The van der Waals surface area contributed by atoms with Gasteiger partial charge in [-0.15, -0.1) is 0 Å². The van der Waals surface area contributed by atoms with Crippen LogP contribution >= 0.6 is 0 Å². The molecule has 0 aromatic carbocycles. The quantitative estimate of drug-likeness (QED) is 0.362. The van der Waals surface area contributed by atoms with E-state index in [0.717, 1.165) is 51.7 Å². The summed E-state index contributed by atoms with van der Waals surface area (Å²) in [7, 11) is 0. The summed E-state index contributed by atoms with van der Waals surface area (Å²) in [5, 5.41) is 16.6. The van der Waals surface area contributed by atoms with E-state index in [0.29, 0.717) is 11.8 Å². The predicted octanol–water partition coefficient (Wildman–Crippen LogP) is 1.19. The smallest absolute Gasteiger partial charge is 0.0905 e. The zero-order valence-electron chi connectivity index (χ0n) is 10.3. The molecule has 4 N–H and O–H groups in total. The maximum Gasteiger partial charge on any atom is 0.0905 e. The van der Waals surface area contributed by atoms with Crippen LogP contribution in [0.1, 0.15) is 39.0 Å². The van der Waals surface area contributed by atoms with Crippen LogP contribution in [0, 0.1) is 11.3 Å². The molecule has 1 atom stereocenters. The van der Waals surface area contributed by atoms with Crippen LogP contribution in [-0.2, 0) is 0 Å². The molecule has 4 nitrogen and oxygen atoms in total. The SMILES string of the molecule is CC(O)C1CCN(CCCCC(=N)N)CC1. The van der Waals surface area contributed by atoms with Crippen molar-refractivity contribution in [2.24, 2.45) is 11.7 Å². The van der Waals surface area contributed by atoms with Crippen LogP contribution in [-0.4, -0.2) is 41.6 Å². The van der Waals surface area contributed by atoms with E-state index in [1.54, 1.807) is 0 Å². The normalized spacial score (nSPS) is 20.9. The highest BCUT2D eigenvalue weighted by Gasteiger charge is 2.21. The van der Waals surface area contributed by atoms with Gasteiger partial charge in [-0.25, -0.2) is 0 Å². The monoisotopic (exact) mass is 227 g/mol. The first-order valence-electron chi connectivity index (χ1n) is 6.33. The Balaban J connectivity index is 2.06. The van der Waals surface area contributed by atoms with Gasteiger partial charge in [0.1, 0.15) is 0 Å². The third-order valence-electron chi connectivity index (χ3n) is 3.48. The molecule has 4 heteroatoms. The lowest BCUT2D eigenvalue weighted by Gasteiger charge is -2.33. The predicted molar refractivity (Wildman–Crippen MR) is 66.6 cm³/mol. The minimum Gasteiger partial charge on any atom is -0.393 e. The summed E-state index contributed by atoms with van der Waals surface area (Å²) in [6, 6.07) is 0. The Morgan fingerprint density at radius 2 is 2.06 bits per heavy atom. The van der Waals surface area contributed by atoms with Crippen LogP contribution < -0.4 is 5.73 Å². The molecule has 1 fully saturated rings. The van der Waals surface area contributed by atoms with E-state index in [1.807, 2.05) is 6.92 Å². The third-order valence-corrected chi connectivity index (χ3v) is 3.48. The van der Waals surface area contributed by atoms with E-state index in [4.69, 9.17) is 11.1 Å². The molecule has 1 rings (SSSR count). The molecule has 94 valence electrons. The molecule has 0 bridgehead atoms. The summed E-state index contributed by atoms with van der Waals surface area (Å²) in [6.45, 7) is 5.22. The van der Waals surface area contributed by atoms with E-state index in [2.05, 4.69) is 4.90 Å². The first kappa shape index (κ1) is 13.5. The van der Waals surface area contributed by atoms with Crippen molar-refractivity contribution in [3.8, 4) is 0 Å².